The molecule has 1 aromatic heterocycles. The highest BCUT2D eigenvalue weighted by atomic mass is 16.5. The molecule has 98 valence electrons. The van der Waals surface area contributed by atoms with Gasteiger partial charge in [0.05, 0.1) is 0 Å². The van der Waals surface area contributed by atoms with Crippen molar-refractivity contribution in [3.05, 3.63) is 30.1 Å². The van der Waals surface area contributed by atoms with Gasteiger partial charge in [0.15, 0.2) is 0 Å². The van der Waals surface area contributed by atoms with Crippen LogP contribution in [-0.2, 0) is 16.1 Å². The molecule has 1 aromatic rings. The summed E-state index contributed by atoms with van der Waals surface area (Å²) < 4.78 is 5.13. The fourth-order valence-electron chi connectivity index (χ4n) is 1.94. The van der Waals surface area contributed by atoms with Gasteiger partial charge in [0.1, 0.15) is 6.10 Å². The first-order valence-electron chi connectivity index (χ1n) is 6.18. The maximum absolute atomic E-state index is 12.3. The van der Waals surface area contributed by atoms with Gasteiger partial charge >= 0.3 is 0 Å². The van der Waals surface area contributed by atoms with Crippen molar-refractivity contribution in [3.63, 3.8) is 0 Å². The molecule has 2 rings (SSSR count). The summed E-state index contributed by atoms with van der Waals surface area (Å²) in [6.45, 7) is 0.820. The number of pyridine rings is 1. The second-order valence-corrected chi connectivity index (χ2v) is 4.51. The molecule has 1 fully saturated rings. The molecular weight excluding hydrogens is 230 g/mol. The van der Waals surface area contributed by atoms with Crippen molar-refractivity contribution in [2.24, 2.45) is 5.73 Å². The van der Waals surface area contributed by atoms with Gasteiger partial charge in [0, 0.05) is 38.6 Å². The molecule has 1 saturated carbocycles. The van der Waals surface area contributed by atoms with E-state index in [0.29, 0.717) is 12.6 Å². The van der Waals surface area contributed by atoms with Gasteiger partial charge in [-0.05, 0) is 30.5 Å². The Morgan fingerprint density at radius 1 is 1.56 bits per heavy atom. The molecule has 0 saturated heterocycles. The summed E-state index contributed by atoms with van der Waals surface area (Å²) in [5.41, 5.74) is 6.63. The van der Waals surface area contributed by atoms with Crippen LogP contribution in [0.15, 0.2) is 24.5 Å². The Morgan fingerprint density at radius 3 is 2.72 bits per heavy atom. The zero-order valence-corrected chi connectivity index (χ0v) is 10.6. The van der Waals surface area contributed by atoms with Crippen molar-refractivity contribution in [1.82, 2.24) is 9.88 Å². The number of hydrogen-bond donors (Lipinski definition) is 1. The lowest BCUT2D eigenvalue weighted by atomic mass is 10.2. The molecule has 0 spiro atoms. The van der Waals surface area contributed by atoms with E-state index in [0.717, 1.165) is 18.4 Å². The van der Waals surface area contributed by atoms with Crippen molar-refractivity contribution in [3.8, 4) is 0 Å². The quantitative estimate of drug-likeness (QED) is 0.799. The van der Waals surface area contributed by atoms with Crippen LogP contribution in [0, 0.1) is 0 Å². The van der Waals surface area contributed by atoms with E-state index in [1.165, 1.54) is 7.11 Å². The number of carbonyl (C=O) groups is 1. The average molecular weight is 249 g/mol. The van der Waals surface area contributed by atoms with E-state index in [4.69, 9.17) is 10.5 Å². The van der Waals surface area contributed by atoms with Crippen molar-refractivity contribution in [2.45, 2.75) is 31.5 Å². The summed E-state index contributed by atoms with van der Waals surface area (Å²) in [7, 11) is 1.52. The highest BCUT2D eigenvalue weighted by Crippen LogP contribution is 2.29. The Morgan fingerprint density at radius 2 is 2.22 bits per heavy atom. The van der Waals surface area contributed by atoms with Crippen LogP contribution in [0.25, 0.3) is 0 Å². The van der Waals surface area contributed by atoms with Gasteiger partial charge in [0.2, 0.25) is 0 Å². The number of methoxy groups -OCH3 is 1. The minimum absolute atomic E-state index is 0.0145. The number of rotatable bonds is 6. The monoisotopic (exact) mass is 249 g/mol. The highest BCUT2D eigenvalue weighted by molar-refractivity contribution is 5.81. The van der Waals surface area contributed by atoms with Crippen molar-refractivity contribution in [1.29, 1.82) is 0 Å². The first-order valence-corrected chi connectivity index (χ1v) is 6.18. The molecule has 1 aliphatic rings. The lowest BCUT2D eigenvalue weighted by molar-refractivity contribution is -0.142. The molecular formula is C13H19N3O2. The number of nitrogens with two attached hydrogens (primary N) is 1. The SMILES string of the molecule is COC(CN)C(=O)N(Cc1ccncc1)C1CC1. The molecule has 0 aromatic carbocycles. The van der Waals surface area contributed by atoms with Gasteiger partial charge in [-0.1, -0.05) is 0 Å². The zero-order chi connectivity index (χ0) is 13.0. The number of hydrogen-bond acceptors (Lipinski definition) is 4. The molecule has 1 aliphatic carbocycles. The number of aromatic nitrogens is 1. The summed E-state index contributed by atoms with van der Waals surface area (Å²) >= 11 is 0. The van der Waals surface area contributed by atoms with Gasteiger partial charge in [-0.3, -0.25) is 9.78 Å². The van der Waals surface area contributed by atoms with Crippen LogP contribution >= 0.6 is 0 Å². The highest BCUT2D eigenvalue weighted by Gasteiger charge is 2.35. The zero-order valence-electron chi connectivity index (χ0n) is 10.6. The Balaban J connectivity index is 2.06. The molecule has 1 amide bonds. The molecule has 0 aliphatic heterocycles. The number of ether oxygens (including phenoxy) is 1. The van der Waals surface area contributed by atoms with E-state index in [-0.39, 0.29) is 12.5 Å². The Kier molecular flexibility index (Phi) is 4.28. The number of nitrogens with zero attached hydrogens (tertiary/aromatic N) is 2. The van der Waals surface area contributed by atoms with E-state index in [9.17, 15) is 4.79 Å². The van der Waals surface area contributed by atoms with E-state index in [2.05, 4.69) is 4.98 Å². The van der Waals surface area contributed by atoms with Gasteiger partial charge in [-0.15, -0.1) is 0 Å². The van der Waals surface area contributed by atoms with Gasteiger partial charge in [-0.25, -0.2) is 0 Å². The molecule has 1 unspecified atom stereocenters. The van der Waals surface area contributed by atoms with Gasteiger partial charge in [0.25, 0.3) is 5.91 Å². The first-order chi connectivity index (χ1) is 8.76. The largest absolute Gasteiger partial charge is 0.370 e. The summed E-state index contributed by atoms with van der Waals surface area (Å²) in [6.07, 6.45) is 5.08. The smallest absolute Gasteiger partial charge is 0.253 e. The third-order valence-corrected chi connectivity index (χ3v) is 3.15. The van der Waals surface area contributed by atoms with Crippen LogP contribution in [0.4, 0.5) is 0 Å². The second-order valence-electron chi connectivity index (χ2n) is 4.51. The molecule has 5 nitrogen and oxygen atoms in total. The molecule has 1 atom stereocenters. The van der Waals surface area contributed by atoms with Crippen LogP contribution < -0.4 is 5.73 Å². The van der Waals surface area contributed by atoms with Crippen LogP contribution in [0.1, 0.15) is 18.4 Å². The average Bonchev–Trinajstić information content (AvgIpc) is 3.23. The molecule has 0 bridgehead atoms. The first kappa shape index (κ1) is 13.0. The van der Waals surface area contributed by atoms with Crippen LogP contribution in [0.5, 0.6) is 0 Å². The van der Waals surface area contributed by atoms with Crippen molar-refractivity contribution in [2.75, 3.05) is 13.7 Å². The Bertz CT molecular complexity index is 388. The predicted octanol–water partition coefficient (Wildman–Crippen LogP) is 0.546. The summed E-state index contributed by atoms with van der Waals surface area (Å²) in [4.78, 5) is 18.1. The van der Waals surface area contributed by atoms with Gasteiger partial charge < -0.3 is 15.4 Å². The normalized spacial score (nSPS) is 16.3. The number of amides is 1. The Labute approximate surface area is 107 Å². The Hall–Kier alpha value is -1.46. The molecule has 18 heavy (non-hydrogen) atoms. The van der Waals surface area contributed by atoms with Crippen molar-refractivity contribution < 1.29 is 9.53 Å². The van der Waals surface area contributed by atoms with E-state index < -0.39 is 6.10 Å². The summed E-state index contributed by atoms with van der Waals surface area (Å²) in [6, 6.07) is 4.19. The fourth-order valence-corrected chi connectivity index (χ4v) is 1.94. The second kappa shape index (κ2) is 5.93. The maximum Gasteiger partial charge on any atom is 0.253 e. The van der Waals surface area contributed by atoms with Crippen LogP contribution in [0.2, 0.25) is 0 Å². The van der Waals surface area contributed by atoms with Gasteiger partial charge in [-0.2, -0.15) is 0 Å². The topological polar surface area (TPSA) is 68.5 Å². The molecule has 5 heteroatoms. The van der Waals surface area contributed by atoms with E-state index in [1.54, 1.807) is 12.4 Å². The third-order valence-electron chi connectivity index (χ3n) is 3.15. The fraction of sp³-hybridized carbons (Fsp3) is 0.538. The van der Waals surface area contributed by atoms with Crippen molar-refractivity contribution >= 4 is 5.91 Å². The maximum atomic E-state index is 12.3. The summed E-state index contributed by atoms with van der Waals surface area (Å²) in [5, 5.41) is 0. The molecule has 1 heterocycles. The standard InChI is InChI=1S/C13H19N3O2/c1-18-12(8-14)13(17)16(11-2-3-11)9-10-4-6-15-7-5-10/h4-7,11-12H,2-3,8-9,14H2,1H3. The minimum Gasteiger partial charge on any atom is -0.370 e. The summed E-state index contributed by atoms with van der Waals surface area (Å²) in [5.74, 6) is -0.0145. The molecule has 0 radical (unpaired) electrons. The van der Waals surface area contributed by atoms with Crippen LogP contribution in [0.3, 0.4) is 0 Å². The minimum atomic E-state index is -0.535. The lowest BCUT2D eigenvalue weighted by Crippen LogP contribution is -2.44. The molecule has 2 N–H and O–H groups in total. The van der Waals surface area contributed by atoms with E-state index >= 15 is 0 Å². The van der Waals surface area contributed by atoms with Crippen LogP contribution in [-0.4, -0.2) is 41.6 Å². The predicted molar refractivity (Wildman–Crippen MR) is 67.7 cm³/mol. The number of carbonyl (C=O) groups excluding carboxylic acids is 1. The lowest BCUT2D eigenvalue weighted by Gasteiger charge is -2.26. The third kappa shape index (κ3) is 3.05. The van der Waals surface area contributed by atoms with E-state index in [1.807, 2.05) is 17.0 Å².